The van der Waals surface area contributed by atoms with Gasteiger partial charge in [0.2, 0.25) is 5.91 Å². The molecule has 1 atom stereocenters. The average molecular weight is 310 g/mol. The van der Waals surface area contributed by atoms with E-state index >= 15 is 0 Å². The van der Waals surface area contributed by atoms with E-state index in [1.807, 2.05) is 4.90 Å². The molecule has 0 unspecified atom stereocenters. The molecule has 5 nitrogen and oxygen atoms in total. The Kier molecular flexibility index (Phi) is 6.10. The number of piperidine rings is 1. The summed E-state index contributed by atoms with van der Waals surface area (Å²) < 4.78 is 10.8. The average Bonchev–Trinajstić information content (AvgIpc) is 3.08. The third-order valence-electron chi connectivity index (χ3n) is 5.38. The van der Waals surface area contributed by atoms with Crippen molar-refractivity contribution >= 4 is 5.91 Å². The number of carbonyl (C=O) groups is 1. The summed E-state index contributed by atoms with van der Waals surface area (Å²) in [6.45, 7) is 8.48. The van der Waals surface area contributed by atoms with Crippen LogP contribution in [0.15, 0.2) is 0 Å². The summed E-state index contributed by atoms with van der Waals surface area (Å²) >= 11 is 0. The molecule has 22 heavy (non-hydrogen) atoms. The monoisotopic (exact) mass is 310 g/mol. The highest BCUT2D eigenvalue weighted by atomic mass is 16.5. The van der Waals surface area contributed by atoms with Crippen LogP contribution in [0.25, 0.3) is 0 Å². The fraction of sp³-hybridized carbons (Fsp3) is 0.941. The molecule has 0 aliphatic carbocycles. The van der Waals surface area contributed by atoms with E-state index in [2.05, 4.69) is 4.90 Å². The summed E-state index contributed by atoms with van der Waals surface area (Å²) in [6.07, 6.45) is 5.53. The van der Waals surface area contributed by atoms with Gasteiger partial charge in [-0.1, -0.05) is 0 Å². The van der Waals surface area contributed by atoms with E-state index in [9.17, 15) is 4.79 Å². The number of ether oxygens (including phenoxy) is 2. The first-order valence-corrected chi connectivity index (χ1v) is 8.97. The number of hydrogen-bond donors (Lipinski definition) is 0. The van der Waals surface area contributed by atoms with Crippen molar-refractivity contribution in [3.63, 3.8) is 0 Å². The van der Waals surface area contributed by atoms with Crippen molar-refractivity contribution in [2.24, 2.45) is 11.8 Å². The summed E-state index contributed by atoms with van der Waals surface area (Å²) in [5.41, 5.74) is 0. The molecular weight excluding hydrogens is 280 g/mol. The second-order valence-corrected chi connectivity index (χ2v) is 7.01. The quantitative estimate of drug-likeness (QED) is 0.769. The highest BCUT2D eigenvalue weighted by molar-refractivity contribution is 5.76. The van der Waals surface area contributed by atoms with Crippen LogP contribution >= 0.6 is 0 Å². The molecule has 1 amide bonds. The van der Waals surface area contributed by atoms with E-state index in [4.69, 9.17) is 9.47 Å². The van der Waals surface area contributed by atoms with Crippen LogP contribution in [0.4, 0.5) is 0 Å². The molecule has 3 aliphatic heterocycles. The lowest BCUT2D eigenvalue weighted by Gasteiger charge is -2.33. The van der Waals surface area contributed by atoms with Crippen LogP contribution in [-0.4, -0.2) is 74.9 Å². The van der Waals surface area contributed by atoms with Gasteiger partial charge < -0.3 is 19.3 Å². The van der Waals surface area contributed by atoms with Crippen molar-refractivity contribution in [1.29, 1.82) is 0 Å². The molecule has 126 valence electrons. The van der Waals surface area contributed by atoms with Crippen LogP contribution in [0, 0.1) is 11.8 Å². The number of likely N-dealkylation sites (tertiary alicyclic amines) is 1. The van der Waals surface area contributed by atoms with E-state index in [-0.39, 0.29) is 0 Å². The number of morpholine rings is 1. The molecule has 0 N–H and O–H groups in total. The first-order valence-electron chi connectivity index (χ1n) is 8.97. The SMILES string of the molecule is O=C(CCC1CCN(C[C@H]2CCOC2)CC1)N1CCOCC1. The second kappa shape index (κ2) is 8.27. The molecule has 0 spiro atoms. The van der Waals surface area contributed by atoms with Gasteiger partial charge in [0.15, 0.2) is 0 Å². The van der Waals surface area contributed by atoms with Gasteiger partial charge in [-0.15, -0.1) is 0 Å². The largest absolute Gasteiger partial charge is 0.381 e. The van der Waals surface area contributed by atoms with E-state index in [1.165, 1.54) is 38.9 Å². The second-order valence-electron chi connectivity index (χ2n) is 7.01. The van der Waals surface area contributed by atoms with Crippen LogP contribution < -0.4 is 0 Å². The molecule has 0 aromatic rings. The molecule has 3 aliphatic rings. The van der Waals surface area contributed by atoms with E-state index in [0.717, 1.165) is 51.0 Å². The number of hydrogen-bond acceptors (Lipinski definition) is 4. The molecule has 0 bridgehead atoms. The van der Waals surface area contributed by atoms with Gasteiger partial charge in [-0.25, -0.2) is 0 Å². The molecule has 0 saturated carbocycles. The Balaban J connectivity index is 1.30. The van der Waals surface area contributed by atoms with Gasteiger partial charge in [-0.05, 0) is 50.6 Å². The zero-order valence-corrected chi connectivity index (χ0v) is 13.7. The number of carbonyl (C=O) groups excluding carboxylic acids is 1. The van der Waals surface area contributed by atoms with Crippen LogP contribution in [0.1, 0.15) is 32.1 Å². The fourth-order valence-corrected chi connectivity index (χ4v) is 3.85. The maximum atomic E-state index is 12.2. The molecule has 3 fully saturated rings. The fourth-order valence-electron chi connectivity index (χ4n) is 3.85. The number of nitrogens with zero attached hydrogens (tertiary/aromatic N) is 2. The summed E-state index contributed by atoms with van der Waals surface area (Å²) in [6, 6.07) is 0. The summed E-state index contributed by atoms with van der Waals surface area (Å²) in [4.78, 5) is 16.7. The Morgan fingerprint density at radius 3 is 2.36 bits per heavy atom. The van der Waals surface area contributed by atoms with E-state index in [1.54, 1.807) is 0 Å². The Hall–Kier alpha value is -0.650. The lowest BCUT2D eigenvalue weighted by Crippen LogP contribution is -2.41. The standard InChI is InChI=1S/C17H30N2O3/c20-17(19-8-11-21-12-9-19)2-1-15-3-6-18(7-4-15)13-16-5-10-22-14-16/h15-16H,1-14H2/t16-/m1/s1. The molecule has 3 saturated heterocycles. The Bertz CT molecular complexity index is 344. The van der Waals surface area contributed by atoms with Crippen molar-refractivity contribution in [3.8, 4) is 0 Å². The molecule has 3 heterocycles. The predicted octanol–water partition coefficient (Wildman–Crippen LogP) is 1.37. The first kappa shape index (κ1) is 16.2. The van der Waals surface area contributed by atoms with Crippen molar-refractivity contribution < 1.29 is 14.3 Å². The van der Waals surface area contributed by atoms with Crippen LogP contribution in [0.2, 0.25) is 0 Å². The molecule has 5 heteroatoms. The maximum absolute atomic E-state index is 12.2. The highest BCUT2D eigenvalue weighted by Gasteiger charge is 2.25. The predicted molar refractivity (Wildman–Crippen MR) is 84.7 cm³/mol. The minimum atomic E-state index is 0.328. The van der Waals surface area contributed by atoms with Gasteiger partial charge in [0.05, 0.1) is 19.8 Å². The summed E-state index contributed by atoms with van der Waals surface area (Å²) in [7, 11) is 0. The van der Waals surface area contributed by atoms with E-state index in [0.29, 0.717) is 19.1 Å². The van der Waals surface area contributed by atoms with Gasteiger partial charge >= 0.3 is 0 Å². The molecule has 3 rings (SSSR count). The van der Waals surface area contributed by atoms with Crippen LogP contribution in [-0.2, 0) is 14.3 Å². The lowest BCUT2D eigenvalue weighted by molar-refractivity contribution is -0.135. The summed E-state index contributed by atoms with van der Waals surface area (Å²) in [5.74, 6) is 1.81. The van der Waals surface area contributed by atoms with Gasteiger partial charge in [0.25, 0.3) is 0 Å². The molecule has 0 aromatic carbocycles. The van der Waals surface area contributed by atoms with Gasteiger partial charge in [-0.2, -0.15) is 0 Å². The topological polar surface area (TPSA) is 42.0 Å². The highest BCUT2D eigenvalue weighted by Crippen LogP contribution is 2.24. The Labute approximate surface area is 133 Å². The lowest BCUT2D eigenvalue weighted by atomic mass is 9.91. The van der Waals surface area contributed by atoms with Gasteiger partial charge in [-0.3, -0.25) is 4.79 Å². The number of amides is 1. The normalized spacial score (nSPS) is 28.2. The Morgan fingerprint density at radius 2 is 1.68 bits per heavy atom. The van der Waals surface area contributed by atoms with Crippen molar-refractivity contribution in [1.82, 2.24) is 9.80 Å². The van der Waals surface area contributed by atoms with Crippen LogP contribution in [0.5, 0.6) is 0 Å². The first-order chi connectivity index (χ1) is 10.8. The van der Waals surface area contributed by atoms with Crippen molar-refractivity contribution in [2.45, 2.75) is 32.1 Å². The summed E-state index contributed by atoms with van der Waals surface area (Å²) in [5, 5.41) is 0. The maximum Gasteiger partial charge on any atom is 0.222 e. The molecule has 0 aromatic heterocycles. The Morgan fingerprint density at radius 1 is 0.909 bits per heavy atom. The minimum absolute atomic E-state index is 0.328. The van der Waals surface area contributed by atoms with E-state index < -0.39 is 0 Å². The van der Waals surface area contributed by atoms with Crippen LogP contribution in [0.3, 0.4) is 0 Å². The zero-order chi connectivity index (χ0) is 15.2. The van der Waals surface area contributed by atoms with Crippen molar-refractivity contribution in [2.75, 3.05) is 59.2 Å². The van der Waals surface area contributed by atoms with Gasteiger partial charge in [0.1, 0.15) is 0 Å². The third-order valence-corrected chi connectivity index (χ3v) is 5.38. The minimum Gasteiger partial charge on any atom is -0.381 e. The van der Waals surface area contributed by atoms with Gasteiger partial charge in [0, 0.05) is 32.7 Å². The molecular formula is C17H30N2O3. The van der Waals surface area contributed by atoms with Crippen molar-refractivity contribution in [3.05, 3.63) is 0 Å². The third kappa shape index (κ3) is 4.67. The molecule has 0 radical (unpaired) electrons. The number of rotatable bonds is 5. The zero-order valence-electron chi connectivity index (χ0n) is 13.7. The smallest absolute Gasteiger partial charge is 0.222 e.